The standard InChI is InChI=1S/C21H25F6N3O2/c22-20(23,24)16-4-1-3-15(11-16)19(32)28-12-14-6-9-29(10-7-14)13-18(31)30-8-2-5-17(30)21(25,26)27/h1,3-4,11,14,17H,2,5-10,12-13H2,(H,28,32). The third-order valence-electron chi connectivity index (χ3n) is 6.02. The number of alkyl halides is 6. The number of halogens is 6. The van der Waals surface area contributed by atoms with Crippen molar-refractivity contribution in [1.82, 2.24) is 15.1 Å². The molecule has 1 N–H and O–H groups in total. The first-order chi connectivity index (χ1) is 14.9. The SMILES string of the molecule is O=C(NCC1CCN(CC(=O)N2CCCC2C(F)(F)F)CC1)c1cccc(C(F)(F)F)c1. The summed E-state index contributed by atoms with van der Waals surface area (Å²) in [5, 5.41) is 2.65. The van der Waals surface area contributed by atoms with Gasteiger partial charge < -0.3 is 10.2 Å². The number of hydrogen-bond acceptors (Lipinski definition) is 3. The molecule has 2 saturated heterocycles. The van der Waals surface area contributed by atoms with Crippen molar-refractivity contribution in [2.24, 2.45) is 5.92 Å². The summed E-state index contributed by atoms with van der Waals surface area (Å²) in [5.74, 6) is -1.05. The Morgan fingerprint density at radius 3 is 2.31 bits per heavy atom. The van der Waals surface area contributed by atoms with Crippen LogP contribution in [0.5, 0.6) is 0 Å². The van der Waals surface area contributed by atoms with Crippen LogP contribution in [0.1, 0.15) is 41.6 Å². The molecule has 0 bridgehead atoms. The van der Waals surface area contributed by atoms with Gasteiger partial charge in [0.2, 0.25) is 5.91 Å². The van der Waals surface area contributed by atoms with Crippen LogP contribution in [0, 0.1) is 5.92 Å². The predicted molar refractivity (Wildman–Crippen MR) is 104 cm³/mol. The van der Waals surface area contributed by atoms with Gasteiger partial charge >= 0.3 is 12.4 Å². The minimum absolute atomic E-state index is 0.0666. The number of carbonyl (C=O) groups is 2. The van der Waals surface area contributed by atoms with Gasteiger partial charge in [-0.25, -0.2) is 0 Å². The lowest BCUT2D eigenvalue weighted by Gasteiger charge is -2.34. The average Bonchev–Trinajstić information content (AvgIpc) is 3.23. The summed E-state index contributed by atoms with van der Waals surface area (Å²) in [5.41, 5.74) is -0.971. The van der Waals surface area contributed by atoms with Crippen molar-refractivity contribution in [3.63, 3.8) is 0 Å². The quantitative estimate of drug-likeness (QED) is 0.675. The second kappa shape index (κ2) is 9.68. The van der Waals surface area contributed by atoms with Crippen molar-refractivity contribution in [1.29, 1.82) is 0 Å². The summed E-state index contributed by atoms with van der Waals surface area (Å²) in [4.78, 5) is 27.3. The highest BCUT2D eigenvalue weighted by Crippen LogP contribution is 2.33. The maximum atomic E-state index is 13.1. The molecule has 32 heavy (non-hydrogen) atoms. The normalized spacial score (nSPS) is 21.1. The van der Waals surface area contributed by atoms with E-state index in [1.54, 1.807) is 4.90 Å². The summed E-state index contributed by atoms with van der Waals surface area (Å²) in [6.07, 6.45) is -7.43. The minimum atomic E-state index is -4.53. The molecule has 11 heteroatoms. The fourth-order valence-corrected chi connectivity index (χ4v) is 4.21. The molecule has 178 valence electrons. The zero-order valence-electron chi connectivity index (χ0n) is 17.3. The third kappa shape index (κ3) is 6.14. The molecule has 1 aromatic rings. The zero-order chi connectivity index (χ0) is 23.5. The van der Waals surface area contributed by atoms with Crippen LogP contribution in [-0.2, 0) is 11.0 Å². The summed E-state index contributed by atoms with van der Waals surface area (Å²) in [6, 6.07) is 2.48. The molecule has 2 heterocycles. The van der Waals surface area contributed by atoms with E-state index in [4.69, 9.17) is 0 Å². The second-order valence-corrected chi connectivity index (χ2v) is 8.29. The van der Waals surface area contributed by atoms with E-state index >= 15 is 0 Å². The summed E-state index contributed by atoms with van der Waals surface area (Å²) in [6.45, 7) is 1.32. The number of likely N-dealkylation sites (tertiary alicyclic amines) is 2. The Kier molecular flexibility index (Phi) is 7.36. The number of rotatable bonds is 5. The van der Waals surface area contributed by atoms with E-state index in [1.807, 2.05) is 0 Å². The first kappa shape index (κ1) is 24.3. The number of benzene rings is 1. The molecule has 1 aromatic carbocycles. The number of nitrogens with zero attached hydrogens (tertiary/aromatic N) is 2. The fraction of sp³-hybridized carbons (Fsp3) is 0.619. The van der Waals surface area contributed by atoms with Crippen molar-refractivity contribution in [2.45, 2.75) is 44.1 Å². The second-order valence-electron chi connectivity index (χ2n) is 8.29. The molecule has 0 saturated carbocycles. The van der Waals surface area contributed by atoms with Gasteiger partial charge in [-0.3, -0.25) is 14.5 Å². The Bertz CT molecular complexity index is 818. The monoisotopic (exact) mass is 465 g/mol. The molecule has 0 spiro atoms. The predicted octanol–water partition coefficient (Wildman–Crippen LogP) is 3.70. The molecular formula is C21H25F6N3O2. The maximum absolute atomic E-state index is 13.1. The van der Waals surface area contributed by atoms with Crippen LogP contribution in [0.2, 0.25) is 0 Å². The Balaban J connectivity index is 1.43. The van der Waals surface area contributed by atoms with Crippen molar-refractivity contribution in [3.05, 3.63) is 35.4 Å². The van der Waals surface area contributed by atoms with Crippen LogP contribution >= 0.6 is 0 Å². The van der Waals surface area contributed by atoms with E-state index in [1.165, 1.54) is 12.1 Å². The molecule has 1 unspecified atom stereocenters. The van der Waals surface area contributed by atoms with Crippen molar-refractivity contribution >= 4 is 11.8 Å². The van der Waals surface area contributed by atoms with Gasteiger partial charge in [0.1, 0.15) is 6.04 Å². The number of carbonyl (C=O) groups excluding carboxylic acids is 2. The van der Waals surface area contributed by atoms with E-state index in [2.05, 4.69) is 5.32 Å². The van der Waals surface area contributed by atoms with Gasteiger partial charge in [0.25, 0.3) is 5.91 Å². The van der Waals surface area contributed by atoms with E-state index in [9.17, 15) is 35.9 Å². The molecule has 1 atom stereocenters. The molecular weight excluding hydrogens is 440 g/mol. The van der Waals surface area contributed by atoms with Crippen molar-refractivity contribution in [3.8, 4) is 0 Å². The lowest BCUT2D eigenvalue weighted by Crippen LogP contribution is -2.49. The van der Waals surface area contributed by atoms with Gasteiger partial charge in [-0.05, 0) is 62.9 Å². The maximum Gasteiger partial charge on any atom is 0.416 e. The van der Waals surface area contributed by atoms with Crippen LogP contribution in [-0.4, -0.2) is 66.6 Å². The van der Waals surface area contributed by atoms with Crippen LogP contribution < -0.4 is 5.32 Å². The van der Waals surface area contributed by atoms with Crippen molar-refractivity contribution < 1.29 is 35.9 Å². The smallest absolute Gasteiger partial charge is 0.352 e. The minimum Gasteiger partial charge on any atom is -0.352 e. The fourth-order valence-electron chi connectivity index (χ4n) is 4.21. The van der Waals surface area contributed by atoms with Crippen LogP contribution in [0.25, 0.3) is 0 Å². The Morgan fingerprint density at radius 2 is 1.69 bits per heavy atom. The highest BCUT2D eigenvalue weighted by atomic mass is 19.4. The Morgan fingerprint density at radius 1 is 1.00 bits per heavy atom. The Hall–Kier alpha value is -2.30. The number of hydrogen-bond donors (Lipinski definition) is 1. The van der Waals surface area contributed by atoms with Crippen LogP contribution in [0.15, 0.2) is 24.3 Å². The molecule has 0 aromatic heterocycles. The van der Waals surface area contributed by atoms with Gasteiger partial charge in [-0.15, -0.1) is 0 Å². The Labute approximate surface area is 181 Å². The third-order valence-corrected chi connectivity index (χ3v) is 6.02. The number of amides is 2. The lowest BCUT2D eigenvalue weighted by molar-refractivity contribution is -0.183. The van der Waals surface area contributed by atoms with E-state index < -0.39 is 35.8 Å². The average molecular weight is 465 g/mol. The molecule has 2 aliphatic heterocycles. The van der Waals surface area contributed by atoms with Gasteiger partial charge in [0.05, 0.1) is 12.1 Å². The molecule has 2 aliphatic rings. The zero-order valence-corrected chi connectivity index (χ0v) is 17.3. The van der Waals surface area contributed by atoms with E-state index in [-0.39, 0.29) is 37.5 Å². The van der Waals surface area contributed by atoms with Crippen LogP contribution in [0.3, 0.4) is 0 Å². The molecule has 3 rings (SSSR count). The summed E-state index contributed by atoms with van der Waals surface area (Å²) in [7, 11) is 0. The topological polar surface area (TPSA) is 52.7 Å². The highest BCUT2D eigenvalue weighted by Gasteiger charge is 2.47. The van der Waals surface area contributed by atoms with Crippen molar-refractivity contribution in [2.75, 3.05) is 32.7 Å². The largest absolute Gasteiger partial charge is 0.416 e. The number of nitrogens with one attached hydrogen (secondary N) is 1. The molecule has 5 nitrogen and oxygen atoms in total. The van der Waals surface area contributed by atoms with E-state index in [0.717, 1.165) is 17.0 Å². The summed E-state index contributed by atoms with van der Waals surface area (Å²) >= 11 is 0. The van der Waals surface area contributed by atoms with Gasteiger partial charge in [-0.2, -0.15) is 26.3 Å². The molecule has 2 fully saturated rings. The highest BCUT2D eigenvalue weighted by molar-refractivity contribution is 5.94. The van der Waals surface area contributed by atoms with E-state index in [0.29, 0.717) is 32.4 Å². The molecule has 0 radical (unpaired) electrons. The lowest BCUT2D eigenvalue weighted by atomic mass is 9.96. The van der Waals surface area contributed by atoms with Gasteiger partial charge in [0.15, 0.2) is 0 Å². The first-order valence-electron chi connectivity index (χ1n) is 10.5. The van der Waals surface area contributed by atoms with Crippen LogP contribution in [0.4, 0.5) is 26.3 Å². The summed E-state index contributed by atoms with van der Waals surface area (Å²) < 4.78 is 77.6. The number of piperidine rings is 1. The van der Waals surface area contributed by atoms with Gasteiger partial charge in [0, 0.05) is 18.7 Å². The molecule has 2 amide bonds. The first-order valence-corrected chi connectivity index (χ1v) is 10.5. The molecule has 0 aliphatic carbocycles. The van der Waals surface area contributed by atoms with Gasteiger partial charge in [-0.1, -0.05) is 6.07 Å².